The van der Waals surface area contributed by atoms with Crippen molar-refractivity contribution in [3.63, 3.8) is 0 Å². The molecule has 0 saturated heterocycles. The molecule has 3 aromatic rings. The van der Waals surface area contributed by atoms with E-state index < -0.39 is 0 Å². The maximum atomic E-state index is 5.43. The summed E-state index contributed by atoms with van der Waals surface area (Å²) in [5.41, 5.74) is 5.09. The fourth-order valence-corrected chi connectivity index (χ4v) is 2.68. The standard InChI is InChI=1S/C21H24N4O2/c1-13-6-7-16(10-14(13)2)23-20-11-15(3)22-21(25-20)24-18-9-8-17(26-4)12-19(18)27-5/h6-12H,1-5H3,(H2,22,23,24,25). The Morgan fingerprint density at radius 1 is 0.778 bits per heavy atom. The number of anilines is 4. The van der Waals surface area contributed by atoms with Crippen molar-refractivity contribution in [3.05, 3.63) is 59.3 Å². The van der Waals surface area contributed by atoms with Crippen molar-refractivity contribution in [2.24, 2.45) is 0 Å². The summed E-state index contributed by atoms with van der Waals surface area (Å²) >= 11 is 0. The molecule has 0 atom stereocenters. The second kappa shape index (κ2) is 7.95. The van der Waals surface area contributed by atoms with Crippen LogP contribution in [0.1, 0.15) is 16.8 Å². The van der Waals surface area contributed by atoms with Gasteiger partial charge in [-0.05, 0) is 56.2 Å². The minimum Gasteiger partial charge on any atom is -0.497 e. The second-order valence-corrected chi connectivity index (χ2v) is 6.33. The molecule has 0 fully saturated rings. The molecule has 0 aliphatic heterocycles. The van der Waals surface area contributed by atoms with E-state index in [2.05, 4.69) is 46.6 Å². The van der Waals surface area contributed by atoms with Gasteiger partial charge in [0.2, 0.25) is 5.95 Å². The number of nitrogens with one attached hydrogen (secondary N) is 2. The molecule has 6 nitrogen and oxygen atoms in total. The van der Waals surface area contributed by atoms with E-state index in [1.165, 1.54) is 11.1 Å². The van der Waals surface area contributed by atoms with E-state index >= 15 is 0 Å². The molecule has 0 bridgehead atoms. The van der Waals surface area contributed by atoms with Gasteiger partial charge < -0.3 is 20.1 Å². The van der Waals surface area contributed by atoms with Crippen molar-refractivity contribution in [2.45, 2.75) is 20.8 Å². The van der Waals surface area contributed by atoms with Gasteiger partial charge in [0, 0.05) is 23.5 Å². The van der Waals surface area contributed by atoms with Gasteiger partial charge in [-0.3, -0.25) is 0 Å². The van der Waals surface area contributed by atoms with Crippen LogP contribution in [-0.4, -0.2) is 24.2 Å². The van der Waals surface area contributed by atoms with Gasteiger partial charge >= 0.3 is 0 Å². The summed E-state index contributed by atoms with van der Waals surface area (Å²) < 4.78 is 10.7. The van der Waals surface area contributed by atoms with Crippen LogP contribution in [0.2, 0.25) is 0 Å². The molecule has 140 valence electrons. The lowest BCUT2D eigenvalue weighted by Crippen LogP contribution is -2.03. The van der Waals surface area contributed by atoms with Crippen LogP contribution in [0.5, 0.6) is 11.5 Å². The van der Waals surface area contributed by atoms with Crippen LogP contribution in [0.4, 0.5) is 23.1 Å². The molecule has 1 aromatic heterocycles. The van der Waals surface area contributed by atoms with Crippen LogP contribution in [0, 0.1) is 20.8 Å². The number of aromatic nitrogens is 2. The first-order valence-electron chi connectivity index (χ1n) is 8.67. The molecule has 2 aromatic carbocycles. The van der Waals surface area contributed by atoms with E-state index in [0.29, 0.717) is 11.7 Å². The molecule has 27 heavy (non-hydrogen) atoms. The predicted octanol–water partition coefficient (Wildman–Crippen LogP) is 4.91. The summed E-state index contributed by atoms with van der Waals surface area (Å²) in [6.45, 7) is 6.12. The zero-order valence-corrected chi connectivity index (χ0v) is 16.3. The number of hydrogen-bond donors (Lipinski definition) is 2. The van der Waals surface area contributed by atoms with Crippen molar-refractivity contribution in [2.75, 3.05) is 24.9 Å². The van der Waals surface area contributed by atoms with E-state index in [9.17, 15) is 0 Å². The predicted molar refractivity (Wildman–Crippen MR) is 109 cm³/mol. The topological polar surface area (TPSA) is 68.3 Å². The second-order valence-electron chi connectivity index (χ2n) is 6.33. The van der Waals surface area contributed by atoms with Crippen LogP contribution >= 0.6 is 0 Å². The minimum atomic E-state index is 0.491. The number of methoxy groups -OCH3 is 2. The molecule has 0 aliphatic carbocycles. The lowest BCUT2D eigenvalue weighted by Gasteiger charge is -2.13. The Labute approximate surface area is 159 Å². The van der Waals surface area contributed by atoms with Crippen molar-refractivity contribution < 1.29 is 9.47 Å². The molecular formula is C21H24N4O2. The quantitative estimate of drug-likeness (QED) is 0.648. The first-order valence-corrected chi connectivity index (χ1v) is 8.67. The zero-order valence-electron chi connectivity index (χ0n) is 16.3. The first-order chi connectivity index (χ1) is 13.0. The molecule has 2 N–H and O–H groups in total. The summed E-state index contributed by atoms with van der Waals surface area (Å²) in [5, 5.41) is 6.56. The lowest BCUT2D eigenvalue weighted by atomic mass is 10.1. The van der Waals surface area contributed by atoms with Crippen molar-refractivity contribution in [3.8, 4) is 11.5 Å². The Hall–Kier alpha value is -3.28. The molecule has 0 saturated carbocycles. The Balaban J connectivity index is 1.86. The minimum absolute atomic E-state index is 0.491. The number of rotatable bonds is 6. The Morgan fingerprint density at radius 3 is 2.30 bits per heavy atom. The van der Waals surface area contributed by atoms with E-state index in [-0.39, 0.29) is 0 Å². The molecular weight excluding hydrogens is 340 g/mol. The third kappa shape index (κ3) is 4.47. The molecule has 0 unspecified atom stereocenters. The van der Waals surface area contributed by atoms with E-state index in [1.54, 1.807) is 14.2 Å². The maximum absolute atomic E-state index is 5.43. The summed E-state index contributed by atoms with van der Waals surface area (Å²) in [6.07, 6.45) is 0. The summed E-state index contributed by atoms with van der Waals surface area (Å²) in [5.74, 6) is 2.59. The summed E-state index contributed by atoms with van der Waals surface area (Å²) in [4.78, 5) is 9.05. The highest BCUT2D eigenvalue weighted by molar-refractivity contribution is 5.66. The summed E-state index contributed by atoms with van der Waals surface area (Å²) in [6, 6.07) is 13.7. The molecule has 6 heteroatoms. The highest BCUT2D eigenvalue weighted by atomic mass is 16.5. The normalized spacial score (nSPS) is 10.4. The van der Waals surface area contributed by atoms with Gasteiger partial charge in [-0.1, -0.05) is 6.07 Å². The highest BCUT2D eigenvalue weighted by Crippen LogP contribution is 2.31. The Bertz CT molecular complexity index is 957. The average molecular weight is 364 g/mol. The molecule has 0 radical (unpaired) electrons. The Kier molecular flexibility index (Phi) is 5.45. The summed E-state index contributed by atoms with van der Waals surface area (Å²) in [7, 11) is 3.24. The van der Waals surface area contributed by atoms with Crippen LogP contribution in [0.15, 0.2) is 42.5 Å². The monoisotopic (exact) mass is 364 g/mol. The van der Waals surface area contributed by atoms with Crippen molar-refractivity contribution >= 4 is 23.1 Å². The van der Waals surface area contributed by atoms with Crippen molar-refractivity contribution in [1.82, 2.24) is 9.97 Å². The van der Waals surface area contributed by atoms with E-state index in [4.69, 9.17) is 9.47 Å². The van der Waals surface area contributed by atoms with Gasteiger partial charge in [-0.2, -0.15) is 4.98 Å². The fourth-order valence-electron chi connectivity index (χ4n) is 2.68. The smallest absolute Gasteiger partial charge is 0.229 e. The van der Waals surface area contributed by atoms with Gasteiger partial charge in [-0.15, -0.1) is 0 Å². The third-order valence-corrected chi connectivity index (χ3v) is 4.29. The number of hydrogen-bond acceptors (Lipinski definition) is 6. The van der Waals surface area contributed by atoms with Crippen LogP contribution in [-0.2, 0) is 0 Å². The third-order valence-electron chi connectivity index (χ3n) is 4.29. The van der Waals surface area contributed by atoms with Gasteiger partial charge in [0.25, 0.3) is 0 Å². The highest BCUT2D eigenvalue weighted by Gasteiger charge is 2.09. The van der Waals surface area contributed by atoms with Crippen LogP contribution in [0.3, 0.4) is 0 Å². The molecule has 3 rings (SSSR count). The van der Waals surface area contributed by atoms with Gasteiger partial charge in [0.1, 0.15) is 17.3 Å². The maximum Gasteiger partial charge on any atom is 0.229 e. The number of benzene rings is 2. The Morgan fingerprint density at radius 2 is 1.59 bits per heavy atom. The molecule has 1 heterocycles. The number of aryl methyl sites for hydroxylation is 3. The average Bonchev–Trinajstić information content (AvgIpc) is 2.64. The van der Waals surface area contributed by atoms with Gasteiger partial charge in [0.15, 0.2) is 0 Å². The lowest BCUT2D eigenvalue weighted by molar-refractivity contribution is 0.395. The molecule has 0 aliphatic rings. The zero-order chi connectivity index (χ0) is 19.4. The first kappa shape index (κ1) is 18.5. The van der Waals surface area contributed by atoms with Crippen LogP contribution in [0.25, 0.3) is 0 Å². The van der Waals surface area contributed by atoms with E-state index in [0.717, 1.165) is 28.6 Å². The van der Waals surface area contributed by atoms with E-state index in [1.807, 2.05) is 37.3 Å². The molecule has 0 spiro atoms. The molecule has 0 amide bonds. The van der Waals surface area contributed by atoms with Gasteiger partial charge in [-0.25, -0.2) is 4.98 Å². The number of nitrogens with zero attached hydrogens (tertiary/aromatic N) is 2. The van der Waals surface area contributed by atoms with Gasteiger partial charge in [0.05, 0.1) is 19.9 Å². The van der Waals surface area contributed by atoms with Crippen molar-refractivity contribution in [1.29, 1.82) is 0 Å². The fraction of sp³-hybridized carbons (Fsp3) is 0.238. The SMILES string of the molecule is COc1ccc(Nc2nc(C)cc(Nc3ccc(C)c(C)c3)n2)c(OC)c1. The largest absolute Gasteiger partial charge is 0.497 e. The number of ether oxygens (including phenoxy) is 2. The van der Waals surface area contributed by atoms with Crippen LogP contribution < -0.4 is 20.1 Å².